The van der Waals surface area contributed by atoms with Crippen molar-refractivity contribution in [2.24, 2.45) is 5.92 Å². The number of nitrogens with zero attached hydrogens (tertiary/aromatic N) is 1. The number of esters is 1. The summed E-state index contributed by atoms with van der Waals surface area (Å²) in [6.45, 7) is 6.65. The van der Waals surface area contributed by atoms with Gasteiger partial charge < -0.3 is 4.74 Å². The van der Waals surface area contributed by atoms with Crippen molar-refractivity contribution in [3.05, 3.63) is 41.3 Å². The van der Waals surface area contributed by atoms with Gasteiger partial charge in [0, 0.05) is 20.0 Å². The van der Waals surface area contributed by atoms with Crippen LogP contribution in [0.4, 0.5) is 0 Å². The highest BCUT2D eigenvalue weighted by molar-refractivity contribution is 8.03. The zero-order chi connectivity index (χ0) is 25.6. The lowest BCUT2D eigenvalue weighted by molar-refractivity contribution is -0.146. The van der Waals surface area contributed by atoms with E-state index in [1.807, 2.05) is 30.3 Å². The van der Waals surface area contributed by atoms with Crippen molar-refractivity contribution in [1.82, 2.24) is 9.03 Å². The quantitative estimate of drug-likeness (QED) is 0.407. The maximum atomic E-state index is 14.3. The van der Waals surface area contributed by atoms with Crippen LogP contribution in [-0.4, -0.2) is 50.2 Å². The molecule has 1 aliphatic rings. The Morgan fingerprint density at radius 3 is 2.35 bits per heavy atom. The largest absolute Gasteiger partial charge is 0.465 e. The molecule has 1 saturated carbocycles. The van der Waals surface area contributed by atoms with Gasteiger partial charge in [-0.05, 0) is 64.7 Å². The van der Waals surface area contributed by atoms with E-state index in [2.05, 4.69) is 4.72 Å². The van der Waals surface area contributed by atoms with Crippen LogP contribution in [0.1, 0.15) is 66.2 Å². The number of rotatable bonds is 8. The molecular weight excluding hydrogens is 472 g/mol. The fourth-order valence-corrected chi connectivity index (χ4v) is 6.99. The molecule has 0 radical (unpaired) electrons. The van der Waals surface area contributed by atoms with Gasteiger partial charge in [-0.25, -0.2) is 8.42 Å². The highest BCUT2D eigenvalue weighted by Crippen LogP contribution is 2.35. The van der Waals surface area contributed by atoms with Crippen LogP contribution in [0, 0.1) is 5.92 Å². The number of ether oxygens (including phenoxy) is 1. The number of benzene rings is 1. The Bertz CT molecular complexity index is 998. The predicted molar refractivity (Wildman–Crippen MR) is 138 cm³/mol. The maximum absolute atomic E-state index is 14.3. The molecule has 7 nitrogen and oxygen atoms in total. The minimum Gasteiger partial charge on any atom is -0.465 e. The second kappa shape index (κ2) is 11.9. The summed E-state index contributed by atoms with van der Waals surface area (Å²) in [6, 6.07) is 8.18. The van der Waals surface area contributed by atoms with Crippen LogP contribution < -0.4 is 4.72 Å². The fourth-order valence-electron chi connectivity index (χ4n) is 4.02. The molecule has 9 heteroatoms. The van der Waals surface area contributed by atoms with Gasteiger partial charge in [0.15, 0.2) is 4.90 Å². The van der Waals surface area contributed by atoms with E-state index in [4.69, 9.17) is 4.74 Å². The molecule has 2 rings (SSSR count). The Morgan fingerprint density at radius 2 is 1.79 bits per heavy atom. The summed E-state index contributed by atoms with van der Waals surface area (Å²) in [5.74, 6) is -1.04. The Labute approximate surface area is 206 Å². The third-order valence-corrected chi connectivity index (χ3v) is 11.0. The predicted octanol–water partition coefficient (Wildman–Crippen LogP) is 4.53. The zero-order valence-electron chi connectivity index (χ0n) is 21.4. The summed E-state index contributed by atoms with van der Waals surface area (Å²) in [5.41, 5.74) is 0.844. The van der Waals surface area contributed by atoms with Gasteiger partial charge in [0.2, 0.25) is 20.1 Å². The molecule has 0 heterocycles. The van der Waals surface area contributed by atoms with Crippen LogP contribution in [0.25, 0.3) is 0 Å². The van der Waals surface area contributed by atoms with Gasteiger partial charge in [0.25, 0.3) is 0 Å². The lowest BCUT2D eigenvalue weighted by atomic mass is 9.83. The van der Waals surface area contributed by atoms with Gasteiger partial charge in [-0.2, -0.15) is 4.72 Å². The van der Waals surface area contributed by atoms with Crippen molar-refractivity contribution < 1.29 is 22.2 Å². The Morgan fingerprint density at radius 1 is 1.18 bits per heavy atom. The monoisotopic (exact) mass is 513 g/mol. The third kappa shape index (κ3) is 6.99. The molecule has 0 bridgehead atoms. The van der Waals surface area contributed by atoms with E-state index < -0.39 is 42.8 Å². The van der Waals surface area contributed by atoms with E-state index in [0.717, 1.165) is 31.3 Å². The molecule has 0 aliphatic heterocycles. The first-order chi connectivity index (χ1) is 15.8. The molecule has 1 aromatic rings. The first-order valence-corrected chi connectivity index (χ1v) is 15.1. The minimum atomic E-state index is -3.83. The number of carbonyl (C=O) groups is 1. The van der Waals surface area contributed by atoms with Crippen molar-refractivity contribution in [1.29, 1.82) is 0 Å². The molecule has 1 unspecified atom stereocenters. The Kier molecular flexibility index (Phi) is 10.1. The summed E-state index contributed by atoms with van der Waals surface area (Å²) in [7, 11) is -3.03. The first kappa shape index (κ1) is 28.7. The maximum Gasteiger partial charge on any atom is 0.324 e. The molecule has 1 aromatic carbocycles. The number of hydrogen-bond acceptors (Lipinski definition) is 5. The molecule has 1 N–H and O–H groups in total. The molecular formula is C25H41N2O5S2+. The lowest BCUT2D eigenvalue weighted by Crippen LogP contribution is -2.52. The molecule has 1 aliphatic carbocycles. The Hall–Kier alpha value is -1.55. The molecule has 0 aromatic heterocycles. The summed E-state index contributed by atoms with van der Waals surface area (Å²) < 4.78 is 49.0. The molecule has 0 spiro atoms. The average molecular weight is 514 g/mol. The van der Waals surface area contributed by atoms with Crippen molar-refractivity contribution >= 4 is 26.1 Å². The van der Waals surface area contributed by atoms with Gasteiger partial charge in [-0.3, -0.25) is 4.79 Å². The summed E-state index contributed by atoms with van der Waals surface area (Å²) in [4.78, 5) is 13.8. The van der Waals surface area contributed by atoms with Crippen LogP contribution in [0.2, 0.25) is 0 Å². The normalized spacial score (nSPS) is 22.0. The molecule has 34 heavy (non-hydrogen) atoms. The molecule has 0 saturated heterocycles. The van der Waals surface area contributed by atoms with E-state index in [9.17, 15) is 17.4 Å². The first-order valence-electron chi connectivity index (χ1n) is 12.0. The van der Waals surface area contributed by atoms with Gasteiger partial charge in [0.05, 0.1) is 11.4 Å². The van der Waals surface area contributed by atoms with E-state index in [0.29, 0.717) is 17.7 Å². The van der Waals surface area contributed by atoms with E-state index in [1.54, 1.807) is 51.5 Å². The van der Waals surface area contributed by atoms with E-state index in [1.165, 1.54) is 0 Å². The second-order valence-electron chi connectivity index (χ2n) is 9.91. The number of sulfonamides is 1. The smallest absolute Gasteiger partial charge is 0.324 e. The van der Waals surface area contributed by atoms with Crippen molar-refractivity contribution in [3.8, 4) is 0 Å². The molecule has 1 fully saturated rings. The second-order valence-corrected chi connectivity index (χ2v) is 15.0. The fraction of sp³-hybridized carbons (Fsp3) is 0.640. The minimum absolute atomic E-state index is 0.150. The molecule has 0 amide bonds. The van der Waals surface area contributed by atoms with Gasteiger partial charge >= 0.3 is 5.97 Å². The van der Waals surface area contributed by atoms with E-state index >= 15 is 0 Å². The van der Waals surface area contributed by atoms with Crippen molar-refractivity contribution in [2.75, 3.05) is 20.7 Å². The Balaban J connectivity index is 2.64. The highest BCUT2D eigenvalue weighted by Gasteiger charge is 2.42. The van der Waals surface area contributed by atoms with Gasteiger partial charge in [0.1, 0.15) is 11.4 Å². The topological polar surface area (TPSA) is 92.8 Å². The lowest BCUT2D eigenvalue weighted by Gasteiger charge is -2.32. The van der Waals surface area contributed by atoms with Crippen molar-refractivity contribution in [2.45, 2.75) is 81.9 Å². The standard InChI is InChI=1S/C25H41N2O5S2/c1-7-32-24(28)23(26-34(30,31)25(2,3)4)22-18-14-9-8-11-15-20(22)19-33(29,27(5)6)21-16-12-10-13-17-21/h10,12-13,16-17,19,22-23,26H,7-9,11,14-15,18H2,1-6H3/q+1/t22-,23+,33?/m1/s1. The SMILES string of the molecule is CCOC(=O)[C@@H](NS(=O)(=O)C(C)(C)C)[C@@H]1CCCCCCC1=C[S+](=O)(c1ccccc1)N(C)C. The molecule has 3 atom stereocenters. The van der Waals surface area contributed by atoms with Crippen molar-refractivity contribution in [3.63, 3.8) is 0 Å². The number of carbonyl (C=O) groups excluding carboxylic acids is 1. The van der Waals surface area contributed by atoms with Crippen LogP contribution >= 0.6 is 0 Å². The summed E-state index contributed by atoms with van der Waals surface area (Å²) in [6.07, 6.45) is 5.05. The van der Waals surface area contributed by atoms with Crippen LogP contribution in [0.3, 0.4) is 0 Å². The number of hydrogen-bond donors (Lipinski definition) is 1. The van der Waals surface area contributed by atoms with E-state index in [-0.39, 0.29) is 6.61 Å². The highest BCUT2D eigenvalue weighted by atomic mass is 32.3. The summed E-state index contributed by atoms with van der Waals surface area (Å²) in [5, 5.41) is 1.79. The summed E-state index contributed by atoms with van der Waals surface area (Å²) >= 11 is 0. The van der Waals surface area contributed by atoms with Crippen LogP contribution in [-0.2, 0) is 33.9 Å². The average Bonchev–Trinajstić information content (AvgIpc) is 2.74. The van der Waals surface area contributed by atoms with Gasteiger partial charge in [-0.15, -0.1) is 4.31 Å². The number of nitrogens with one attached hydrogen (secondary N) is 1. The van der Waals surface area contributed by atoms with Crippen LogP contribution in [0.5, 0.6) is 0 Å². The van der Waals surface area contributed by atoms with Crippen LogP contribution in [0.15, 0.2) is 46.2 Å². The molecule has 192 valence electrons. The van der Waals surface area contributed by atoms with Gasteiger partial charge in [-0.1, -0.05) is 41.7 Å². The zero-order valence-corrected chi connectivity index (χ0v) is 23.0. The third-order valence-electron chi connectivity index (χ3n) is 6.17.